The van der Waals surface area contributed by atoms with E-state index in [1.165, 1.54) is 210 Å². The molecule has 0 bridgehead atoms. The predicted molar refractivity (Wildman–Crippen MR) is 424 cm³/mol. The van der Waals surface area contributed by atoms with Crippen molar-refractivity contribution < 1.29 is 4.42 Å². The number of benzene rings is 18. The molecular formula is C96H50OS. The number of rotatable bonds is 5. The first-order chi connectivity index (χ1) is 48.7. The van der Waals surface area contributed by atoms with Crippen LogP contribution in [0.2, 0.25) is 0 Å². The van der Waals surface area contributed by atoms with Gasteiger partial charge in [-0.1, -0.05) is 267 Å². The first-order valence-electron chi connectivity index (χ1n) is 34.1. The van der Waals surface area contributed by atoms with Gasteiger partial charge < -0.3 is 4.42 Å². The van der Waals surface area contributed by atoms with E-state index in [4.69, 9.17) is 4.42 Å². The summed E-state index contributed by atoms with van der Waals surface area (Å²) in [5.41, 5.74) is 14.0. The maximum absolute atomic E-state index is 7.55. The van der Waals surface area contributed by atoms with E-state index in [0.717, 1.165) is 38.5 Å². The van der Waals surface area contributed by atoms with Crippen molar-refractivity contribution in [3.05, 3.63) is 303 Å². The molecule has 22 aromatic carbocycles. The maximum atomic E-state index is 7.55. The molecule has 24 rings (SSSR count). The van der Waals surface area contributed by atoms with Crippen LogP contribution in [0.4, 0.5) is 0 Å². The third-order valence-corrected chi connectivity index (χ3v) is 23.9. The van der Waals surface area contributed by atoms with Gasteiger partial charge >= 0.3 is 0 Å². The molecule has 2 heteroatoms. The molecule has 446 valence electrons. The van der Waals surface area contributed by atoms with E-state index < -0.39 is 0 Å². The Morgan fingerprint density at radius 2 is 0.561 bits per heavy atom. The van der Waals surface area contributed by atoms with E-state index in [1.54, 1.807) is 0 Å². The highest BCUT2D eigenvalue weighted by molar-refractivity contribution is 7.26. The predicted octanol–water partition coefficient (Wildman–Crippen LogP) is 28.2. The van der Waals surface area contributed by atoms with Crippen molar-refractivity contribution >= 4 is 204 Å². The van der Waals surface area contributed by atoms with Gasteiger partial charge in [0.05, 0.1) is 0 Å². The minimum Gasteiger partial charge on any atom is -0.455 e. The van der Waals surface area contributed by atoms with Crippen molar-refractivity contribution in [3.8, 4) is 55.6 Å². The Bertz CT molecular complexity index is 7610. The molecule has 2 heterocycles. The molecule has 0 saturated heterocycles. The molecule has 0 radical (unpaired) electrons. The summed E-state index contributed by atoms with van der Waals surface area (Å²) < 4.78 is 10.2. The number of hydrogen-bond donors (Lipinski definition) is 0. The summed E-state index contributed by atoms with van der Waals surface area (Å²) in [4.78, 5) is 0. The fourth-order valence-corrected chi connectivity index (χ4v) is 20.2. The van der Waals surface area contributed by atoms with Crippen LogP contribution in [-0.2, 0) is 0 Å². The second-order valence-corrected chi connectivity index (χ2v) is 28.4. The lowest BCUT2D eigenvalue weighted by molar-refractivity contribution is 0.674. The summed E-state index contributed by atoms with van der Waals surface area (Å²) in [6.45, 7) is 0. The Morgan fingerprint density at radius 1 is 0.173 bits per heavy atom. The summed E-state index contributed by atoms with van der Waals surface area (Å²) >= 11 is 1.92. The van der Waals surface area contributed by atoms with Crippen molar-refractivity contribution in [1.82, 2.24) is 0 Å². The zero-order valence-electron chi connectivity index (χ0n) is 52.7. The zero-order chi connectivity index (χ0) is 63.3. The normalized spacial score (nSPS) is 12.7. The van der Waals surface area contributed by atoms with Gasteiger partial charge in [-0.25, -0.2) is 0 Å². The van der Waals surface area contributed by atoms with Gasteiger partial charge in [-0.3, -0.25) is 0 Å². The average molecular weight is 1250 g/mol. The monoisotopic (exact) mass is 1250 g/mol. The van der Waals surface area contributed by atoms with E-state index in [0.29, 0.717) is 0 Å². The third kappa shape index (κ3) is 6.47. The van der Waals surface area contributed by atoms with Crippen LogP contribution in [0.15, 0.2) is 308 Å². The highest BCUT2D eigenvalue weighted by Gasteiger charge is 2.31. The molecule has 0 N–H and O–H groups in total. The van der Waals surface area contributed by atoms with Crippen LogP contribution in [0.5, 0.6) is 0 Å². The van der Waals surface area contributed by atoms with Crippen LogP contribution < -0.4 is 0 Å². The van der Waals surface area contributed by atoms with Crippen LogP contribution >= 0.6 is 11.3 Å². The number of furan rings is 1. The van der Waals surface area contributed by atoms with Gasteiger partial charge in [-0.2, -0.15) is 0 Å². The van der Waals surface area contributed by atoms with E-state index >= 15 is 0 Å². The average Bonchev–Trinajstić information content (AvgIpc) is 1.54. The molecular weight excluding hydrogens is 1200 g/mol. The van der Waals surface area contributed by atoms with Crippen LogP contribution in [0.3, 0.4) is 0 Å². The molecule has 0 saturated carbocycles. The second-order valence-electron chi connectivity index (χ2n) is 27.4. The molecule has 0 spiro atoms. The van der Waals surface area contributed by atoms with Gasteiger partial charge in [0.1, 0.15) is 11.2 Å². The summed E-state index contributed by atoms with van der Waals surface area (Å²) in [5.74, 6) is 0. The van der Waals surface area contributed by atoms with Gasteiger partial charge in [0.15, 0.2) is 0 Å². The highest BCUT2D eigenvalue weighted by atomic mass is 32.1. The van der Waals surface area contributed by atoms with Crippen LogP contribution in [-0.4, -0.2) is 0 Å². The minimum absolute atomic E-state index is 0.903. The molecule has 0 atom stereocenters. The fourth-order valence-electron chi connectivity index (χ4n) is 19.0. The maximum Gasteiger partial charge on any atom is 0.143 e. The second kappa shape index (κ2) is 18.7. The van der Waals surface area contributed by atoms with Crippen molar-refractivity contribution in [2.24, 2.45) is 0 Å². The lowest BCUT2D eigenvalue weighted by Gasteiger charge is -2.19. The van der Waals surface area contributed by atoms with Crippen LogP contribution in [0.1, 0.15) is 0 Å². The molecule has 0 fully saturated rings. The van der Waals surface area contributed by atoms with Gasteiger partial charge in [0.2, 0.25) is 0 Å². The summed E-state index contributed by atoms with van der Waals surface area (Å²) in [6.07, 6.45) is 0. The third-order valence-electron chi connectivity index (χ3n) is 22.7. The first-order valence-corrected chi connectivity index (χ1v) is 34.9. The first kappa shape index (κ1) is 51.9. The lowest BCUT2D eigenvalue weighted by Crippen LogP contribution is -1.91. The molecule has 0 aliphatic rings. The van der Waals surface area contributed by atoms with Gasteiger partial charge in [0.25, 0.3) is 0 Å². The lowest BCUT2D eigenvalue weighted by atomic mass is 9.84. The van der Waals surface area contributed by atoms with Crippen molar-refractivity contribution in [3.63, 3.8) is 0 Å². The molecule has 0 aliphatic carbocycles. The van der Waals surface area contributed by atoms with E-state index in [1.807, 2.05) is 11.3 Å². The number of thiophene rings is 1. The molecule has 24 aromatic rings. The van der Waals surface area contributed by atoms with Crippen molar-refractivity contribution in [1.29, 1.82) is 0 Å². The zero-order valence-corrected chi connectivity index (χ0v) is 53.5. The Labute approximate surface area is 563 Å². The van der Waals surface area contributed by atoms with Gasteiger partial charge in [-0.05, 0) is 221 Å². The SMILES string of the molecule is c1ccc(-c2c3cc4c5ccccc5c5cccc(c3c(-c3ccccc3)c3c6cccc7c8oc9c(-c%10ccc%11c(c%10)c%10cccc%12c%13c(-c%14ccccc%14)c%14c%15cccc%16c%17sc%18ccccc%18c%17cc(c%14c(-c%14ccccc%14)c%13cc%11c%10%12)c%16%15)cccc9c8cc(c23)c76)c54)cc1. The molecule has 2 aromatic heterocycles. The quantitative estimate of drug-likeness (QED) is 0.157. The van der Waals surface area contributed by atoms with Crippen molar-refractivity contribution in [2.75, 3.05) is 0 Å². The summed E-state index contributed by atoms with van der Waals surface area (Å²) in [7, 11) is 0. The van der Waals surface area contributed by atoms with Gasteiger partial charge in [-0.15, -0.1) is 11.3 Å². The van der Waals surface area contributed by atoms with Gasteiger partial charge in [0, 0.05) is 52.7 Å². The number of para-hydroxylation sites is 1. The molecule has 1 nitrogen and oxygen atoms in total. The van der Waals surface area contributed by atoms with Crippen LogP contribution in [0, 0.1) is 0 Å². The minimum atomic E-state index is 0.903. The Hall–Kier alpha value is -12.5. The number of hydrogen-bond acceptors (Lipinski definition) is 2. The fraction of sp³-hybridized carbons (Fsp3) is 0. The Morgan fingerprint density at radius 3 is 1.14 bits per heavy atom. The largest absolute Gasteiger partial charge is 0.455 e. The van der Waals surface area contributed by atoms with E-state index in [-0.39, 0.29) is 0 Å². The summed E-state index contributed by atoms with van der Waals surface area (Å²) in [5, 5.41) is 40.8. The molecule has 0 amide bonds. The molecule has 98 heavy (non-hydrogen) atoms. The highest BCUT2D eigenvalue weighted by Crippen LogP contribution is 2.59. The topological polar surface area (TPSA) is 13.1 Å². The molecule has 0 aliphatic heterocycles. The Balaban J connectivity index is 0.780. The summed E-state index contributed by atoms with van der Waals surface area (Å²) in [6, 6.07) is 115. The Kier molecular flexibility index (Phi) is 9.91. The molecule has 0 unspecified atom stereocenters. The standard InChI is InChI=1S/C96H50OS/c1-5-22-51(23-6-1)80-75-47-71-58-31-14-13-30-57(58)61-34-18-37-64(84(61)71)88(75)82(53-26-9-3-10-27-53)90-66-39-20-41-68-86(66)77(92(80)90)49-73-63-36-17-33-56(94(63)97-95(68)73)55-44-45-59-70(46-55)62-35-19-38-65-85(62)72(59)48-76-81(52-24-7-2-8-25-52)93-78-50-74-60-32-15-16-43-79(60)98-96(74)69-42-21-40-67(87(69)78)91(93)83(89(65)76)54-28-11-4-12-29-54/h1-50H. The van der Waals surface area contributed by atoms with Crippen LogP contribution in [0.25, 0.3) is 249 Å². The van der Waals surface area contributed by atoms with Crippen molar-refractivity contribution in [2.45, 2.75) is 0 Å². The van der Waals surface area contributed by atoms with E-state index in [9.17, 15) is 0 Å². The van der Waals surface area contributed by atoms with E-state index in [2.05, 4.69) is 303 Å². The smallest absolute Gasteiger partial charge is 0.143 e. The number of fused-ring (bicyclic) bond motifs is 24.